The maximum atomic E-state index is 8.83. The fourth-order valence-corrected chi connectivity index (χ4v) is 1.39. The summed E-state index contributed by atoms with van der Waals surface area (Å²) in [6, 6.07) is 9.45. The number of aryl methyl sites for hydroxylation is 1. The van der Waals surface area contributed by atoms with Gasteiger partial charge in [0.1, 0.15) is 12.1 Å². The van der Waals surface area contributed by atoms with Crippen LogP contribution in [-0.4, -0.2) is 0 Å². The summed E-state index contributed by atoms with van der Waals surface area (Å²) in [6.07, 6.45) is 4.81. The summed E-state index contributed by atoms with van der Waals surface area (Å²) >= 11 is 0. The number of hydrogen-bond donors (Lipinski definition) is 0. The van der Waals surface area contributed by atoms with E-state index in [1.54, 1.807) is 12.1 Å². The molecule has 0 amide bonds. The third-order valence-corrected chi connectivity index (χ3v) is 2.20. The van der Waals surface area contributed by atoms with Crippen molar-refractivity contribution in [1.82, 2.24) is 0 Å². The molecule has 0 aliphatic carbocycles. The standard InChI is InChI=1S/C13H12N2/c1-2-3-4-5-11-6-7-12(9-14)13(8-11)10-15/h2,6-8H,1,3-5H2. The Bertz CT molecular complexity index is 433. The molecule has 0 N–H and O–H groups in total. The van der Waals surface area contributed by atoms with Crippen molar-refractivity contribution in [2.45, 2.75) is 19.3 Å². The van der Waals surface area contributed by atoms with E-state index in [9.17, 15) is 0 Å². The molecule has 1 aromatic carbocycles. The zero-order valence-corrected chi connectivity index (χ0v) is 8.53. The van der Waals surface area contributed by atoms with Gasteiger partial charge in [0.05, 0.1) is 11.1 Å². The lowest BCUT2D eigenvalue weighted by atomic mass is 10.0. The summed E-state index contributed by atoms with van der Waals surface area (Å²) in [5, 5.41) is 17.6. The third-order valence-electron chi connectivity index (χ3n) is 2.20. The summed E-state index contributed by atoms with van der Waals surface area (Å²) in [5.41, 5.74) is 2.02. The van der Waals surface area contributed by atoms with Gasteiger partial charge < -0.3 is 0 Å². The van der Waals surface area contributed by atoms with Gasteiger partial charge in [0.25, 0.3) is 0 Å². The Balaban J connectivity index is 2.81. The summed E-state index contributed by atoms with van der Waals surface area (Å²) in [6.45, 7) is 3.66. The highest BCUT2D eigenvalue weighted by molar-refractivity contribution is 5.47. The fourth-order valence-electron chi connectivity index (χ4n) is 1.39. The van der Waals surface area contributed by atoms with Crippen LogP contribution in [0.3, 0.4) is 0 Å². The van der Waals surface area contributed by atoms with Crippen LogP contribution in [0.5, 0.6) is 0 Å². The molecule has 0 unspecified atom stereocenters. The van der Waals surface area contributed by atoms with Gasteiger partial charge in [-0.15, -0.1) is 6.58 Å². The summed E-state index contributed by atoms with van der Waals surface area (Å²) in [4.78, 5) is 0. The predicted octanol–water partition coefficient (Wildman–Crippen LogP) is 2.94. The lowest BCUT2D eigenvalue weighted by Crippen LogP contribution is -1.89. The first kappa shape index (κ1) is 11.0. The molecule has 15 heavy (non-hydrogen) atoms. The topological polar surface area (TPSA) is 47.6 Å². The Kier molecular flexibility index (Phi) is 4.13. The van der Waals surface area contributed by atoms with Crippen LogP contribution in [0.15, 0.2) is 30.9 Å². The van der Waals surface area contributed by atoms with Crippen LogP contribution in [0.4, 0.5) is 0 Å². The van der Waals surface area contributed by atoms with E-state index in [4.69, 9.17) is 10.5 Å². The second kappa shape index (κ2) is 5.62. The van der Waals surface area contributed by atoms with Gasteiger partial charge in [-0.2, -0.15) is 10.5 Å². The molecule has 0 aliphatic rings. The Hall–Kier alpha value is -2.06. The van der Waals surface area contributed by atoms with Gasteiger partial charge in [-0.3, -0.25) is 0 Å². The number of nitriles is 2. The van der Waals surface area contributed by atoms with E-state index < -0.39 is 0 Å². The monoisotopic (exact) mass is 196 g/mol. The summed E-state index contributed by atoms with van der Waals surface area (Å²) < 4.78 is 0. The summed E-state index contributed by atoms with van der Waals surface area (Å²) in [7, 11) is 0. The van der Waals surface area contributed by atoms with E-state index in [0.717, 1.165) is 24.8 Å². The van der Waals surface area contributed by atoms with Crippen molar-refractivity contribution in [1.29, 1.82) is 10.5 Å². The lowest BCUT2D eigenvalue weighted by molar-refractivity contribution is 0.844. The maximum Gasteiger partial charge on any atom is 0.101 e. The average molecular weight is 196 g/mol. The third kappa shape index (κ3) is 2.97. The zero-order chi connectivity index (χ0) is 11.1. The van der Waals surface area contributed by atoms with Crippen molar-refractivity contribution in [2.75, 3.05) is 0 Å². The second-order valence-electron chi connectivity index (χ2n) is 3.28. The first-order chi connectivity index (χ1) is 7.31. The molecule has 0 atom stereocenters. The van der Waals surface area contributed by atoms with E-state index in [0.29, 0.717) is 11.1 Å². The molecule has 0 fully saturated rings. The minimum absolute atomic E-state index is 0.449. The van der Waals surface area contributed by atoms with E-state index >= 15 is 0 Å². The normalized spacial score (nSPS) is 8.93. The Morgan fingerprint density at radius 3 is 2.53 bits per heavy atom. The van der Waals surface area contributed by atoms with Crippen molar-refractivity contribution in [3.05, 3.63) is 47.5 Å². The second-order valence-corrected chi connectivity index (χ2v) is 3.28. The number of rotatable bonds is 4. The largest absolute Gasteiger partial charge is 0.192 e. The quantitative estimate of drug-likeness (QED) is 0.549. The van der Waals surface area contributed by atoms with Crippen LogP contribution in [0.2, 0.25) is 0 Å². The van der Waals surface area contributed by atoms with Crippen molar-refractivity contribution in [2.24, 2.45) is 0 Å². The van der Waals surface area contributed by atoms with Gasteiger partial charge in [0, 0.05) is 0 Å². The van der Waals surface area contributed by atoms with Crippen LogP contribution < -0.4 is 0 Å². The van der Waals surface area contributed by atoms with Crippen molar-refractivity contribution < 1.29 is 0 Å². The number of nitrogens with zero attached hydrogens (tertiary/aromatic N) is 2. The van der Waals surface area contributed by atoms with Crippen molar-refractivity contribution in [3.63, 3.8) is 0 Å². The highest BCUT2D eigenvalue weighted by atomic mass is 14.3. The SMILES string of the molecule is C=CCCCc1ccc(C#N)c(C#N)c1. The smallest absolute Gasteiger partial charge is 0.101 e. The molecule has 0 aliphatic heterocycles. The Morgan fingerprint density at radius 1 is 1.20 bits per heavy atom. The molecule has 1 rings (SSSR count). The Morgan fingerprint density at radius 2 is 1.93 bits per heavy atom. The molecule has 2 heteroatoms. The van der Waals surface area contributed by atoms with Crippen LogP contribution in [-0.2, 0) is 6.42 Å². The maximum absolute atomic E-state index is 8.83. The number of hydrogen-bond acceptors (Lipinski definition) is 2. The molecule has 0 bridgehead atoms. The van der Waals surface area contributed by atoms with Crippen molar-refractivity contribution >= 4 is 0 Å². The molecular formula is C13H12N2. The lowest BCUT2D eigenvalue weighted by Gasteiger charge is -2.01. The molecule has 2 nitrogen and oxygen atoms in total. The molecule has 0 heterocycles. The zero-order valence-electron chi connectivity index (χ0n) is 8.53. The number of benzene rings is 1. The molecule has 0 saturated carbocycles. The Labute approximate surface area is 90.1 Å². The molecule has 0 aromatic heterocycles. The minimum atomic E-state index is 0.449. The van der Waals surface area contributed by atoms with E-state index in [2.05, 4.69) is 6.58 Å². The molecule has 74 valence electrons. The van der Waals surface area contributed by atoms with Crippen LogP contribution >= 0.6 is 0 Å². The van der Waals surface area contributed by atoms with Gasteiger partial charge in [0.2, 0.25) is 0 Å². The van der Waals surface area contributed by atoms with Gasteiger partial charge in [-0.1, -0.05) is 12.1 Å². The first-order valence-electron chi connectivity index (χ1n) is 4.86. The average Bonchev–Trinajstić information content (AvgIpc) is 2.29. The minimum Gasteiger partial charge on any atom is -0.192 e. The first-order valence-corrected chi connectivity index (χ1v) is 4.86. The number of unbranched alkanes of at least 4 members (excludes halogenated alkanes) is 1. The summed E-state index contributed by atoms with van der Waals surface area (Å²) in [5.74, 6) is 0. The van der Waals surface area contributed by atoms with Gasteiger partial charge in [-0.05, 0) is 37.0 Å². The molecule has 0 radical (unpaired) electrons. The van der Waals surface area contributed by atoms with E-state index in [1.165, 1.54) is 0 Å². The van der Waals surface area contributed by atoms with Gasteiger partial charge >= 0.3 is 0 Å². The highest BCUT2D eigenvalue weighted by Gasteiger charge is 2.02. The van der Waals surface area contributed by atoms with Gasteiger partial charge in [-0.25, -0.2) is 0 Å². The molecular weight excluding hydrogens is 184 g/mol. The molecule has 0 spiro atoms. The fraction of sp³-hybridized carbons (Fsp3) is 0.231. The van der Waals surface area contributed by atoms with Crippen LogP contribution in [0.25, 0.3) is 0 Å². The van der Waals surface area contributed by atoms with E-state index in [1.807, 2.05) is 24.3 Å². The predicted molar refractivity (Wildman–Crippen MR) is 59.0 cm³/mol. The van der Waals surface area contributed by atoms with Crippen molar-refractivity contribution in [3.8, 4) is 12.1 Å². The molecule has 0 saturated heterocycles. The molecule has 1 aromatic rings. The number of allylic oxidation sites excluding steroid dienone is 1. The van der Waals surface area contributed by atoms with Gasteiger partial charge in [0.15, 0.2) is 0 Å². The highest BCUT2D eigenvalue weighted by Crippen LogP contribution is 2.12. The van der Waals surface area contributed by atoms with Crippen LogP contribution in [0.1, 0.15) is 29.5 Å². The van der Waals surface area contributed by atoms with Crippen LogP contribution in [0, 0.1) is 22.7 Å². The van der Waals surface area contributed by atoms with E-state index in [-0.39, 0.29) is 0 Å².